The first-order valence-corrected chi connectivity index (χ1v) is 11.9. The molecule has 0 spiro atoms. The van der Waals surface area contributed by atoms with E-state index >= 15 is 0 Å². The van der Waals surface area contributed by atoms with Gasteiger partial charge >= 0.3 is 5.69 Å². The lowest BCUT2D eigenvalue weighted by atomic mass is 10.2. The molecule has 0 radical (unpaired) electrons. The van der Waals surface area contributed by atoms with Crippen LogP contribution in [0.2, 0.25) is 0 Å². The van der Waals surface area contributed by atoms with E-state index in [9.17, 15) is 27.2 Å². The van der Waals surface area contributed by atoms with Crippen LogP contribution in [0.3, 0.4) is 0 Å². The Morgan fingerprint density at radius 1 is 1.09 bits per heavy atom. The number of carbonyl (C=O) groups excluding carboxylic acids is 1. The van der Waals surface area contributed by atoms with Gasteiger partial charge in [-0.05, 0) is 55.7 Å². The Labute approximate surface area is 189 Å². The fraction of sp³-hybridized carbons (Fsp3) is 0.318. The summed E-state index contributed by atoms with van der Waals surface area (Å²) in [6.45, 7) is 2.30. The Balaban J connectivity index is 1.75. The third-order valence-corrected chi connectivity index (χ3v) is 7.19. The molecular formula is C22H23FN4O5S. The molecule has 174 valence electrons. The molecule has 9 nitrogen and oxygen atoms in total. The molecule has 1 amide bonds. The zero-order valence-electron chi connectivity index (χ0n) is 18.2. The van der Waals surface area contributed by atoms with Crippen molar-refractivity contribution < 1.29 is 17.6 Å². The van der Waals surface area contributed by atoms with Crippen LogP contribution in [-0.2, 0) is 28.4 Å². The maximum absolute atomic E-state index is 13.8. The van der Waals surface area contributed by atoms with E-state index in [-0.39, 0.29) is 27.4 Å². The van der Waals surface area contributed by atoms with Crippen molar-refractivity contribution in [1.29, 1.82) is 0 Å². The molecule has 11 heteroatoms. The third-order valence-electron chi connectivity index (χ3n) is 5.81. The summed E-state index contributed by atoms with van der Waals surface area (Å²) in [4.78, 5) is 39.7. The van der Waals surface area contributed by atoms with E-state index in [1.165, 1.54) is 35.9 Å². The van der Waals surface area contributed by atoms with Crippen LogP contribution in [0.1, 0.15) is 18.4 Å². The van der Waals surface area contributed by atoms with Crippen LogP contribution in [0.25, 0.3) is 10.9 Å². The van der Waals surface area contributed by atoms with Crippen LogP contribution in [0.4, 0.5) is 10.1 Å². The molecule has 1 fully saturated rings. The van der Waals surface area contributed by atoms with Gasteiger partial charge in [0.2, 0.25) is 5.91 Å². The van der Waals surface area contributed by atoms with Crippen molar-refractivity contribution >= 4 is 32.5 Å². The summed E-state index contributed by atoms with van der Waals surface area (Å²) >= 11 is 0. The number of sulfonamides is 1. The number of halogens is 1. The summed E-state index contributed by atoms with van der Waals surface area (Å²) in [5.41, 5.74) is -0.779. The van der Waals surface area contributed by atoms with Crippen molar-refractivity contribution in [3.63, 3.8) is 0 Å². The van der Waals surface area contributed by atoms with Gasteiger partial charge in [-0.2, -0.15) is 0 Å². The number of fused-ring (bicyclic) bond motifs is 1. The van der Waals surface area contributed by atoms with Crippen molar-refractivity contribution in [2.24, 2.45) is 7.05 Å². The Morgan fingerprint density at radius 3 is 2.45 bits per heavy atom. The number of nitrogens with one attached hydrogen (secondary N) is 1. The number of anilines is 1. The predicted octanol–water partition coefficient (Wildman–Crippen LogP) is 1.57. The van der Waals surface area contributed by atoms with Gasteiger partial charge < -0.3 is 4.90 Å². The van der Waals surface area contributed by atoms with Crippen molar-refractivity contribution in [2.75, 3.05) is 17.8 Å². The lowest BCUT2D eigenvalue weighted by Crippen LogP contribution is -2.43. The summed E-state index contributed by atoms with van der Waals surface area (Å²) in [5, 5.41) is -0.0238. The Hall–Kier alpha value is -3.47. The van der Waals surface area contributed by atoms with Crippen molar-refractivity contribution in [1.82, 2.24) is 14.0 Å². The van der Waals surface area contributed by atoms with E-state index in [1.54, 1.807) is 11.8 Å². The zero-order valence-corrected chi connectivity index (χ0v) is 19.0. The highest BCUT2D eigenvalue weighted by atomic mass is 32.2. The largest absolute Gasteiger partial charge is 0.341 e. The molecule has 4 rings (SSSR count). The highest BCUT2D eigenvalue weighted by molar-refractivity contribution is 7.92. The number of amides is 1. The van der Waals surface area contributed by atoms with Gasteiger partial charge in [0.05, 0.1) is 21.5 Å². The minimum Gasteiger partial charge on any atom is -0.341 e. The molecule has 1 saturated heterocycles. The smallest absolute Gasteiger partial charge is 0.331 e. The first-order chi connectivity index (χ1) is 15.6. The van der Waals surface area contributed by atoms with Gasteiger partial charge in [-0.25, -0.2) is 17.6 Å². The molecule has 0 unspecified atom stereocenters. The van der Waals surface area contributed by atoms with Gasteiger partial charge in [-0.3, -0.25) is 23.4 Å². The molecule has 1 aliphatic heterocycles. The lowest BCUT2D eigenvalue weighted by Gasteiger charge is -2.17. The minimum atomic E-state index is -4.15. The van der Waals surface area contributed by atoms with Crippen LogP contribution in [0.5, 0.6) is 0 Å². The topological polar surface area (TPSA) is 110 Å². The molecule has 1 aliphatic rings. The third kappa shape index (κ3) is 4.28. The molecule has 33 heavy (non-hydrogen) atoms. The number of benzene rings is 2. The number of hydrogen-bond acceptors (Lipinski definition) is 5. The Kier molecular flexibility index (Phi) is 5.83. The van der Waals surface area contributed by atoms with Crippen molar-refractivity contribution in [2.45, 2.75) is 31.2 Å². The van der Waals surface area contributed by atoms with E-state index in [0.29, 0.717) is 18.7 Å². The molecule has 3 aromatic rings. The average Bonchev–Trinajstić information content (AvgIpc) is 3.32. The Bertz CT molecular complexity index is 1490. The predicted molar refractivity (Wildman–Crippen MR) is 121 cm³/mol. The summed E-state index contributed by atoms with van der Waals surface area (Å²) in [6.07, 6.45) is 1.74. The quantitative estimate of drug-likeness (QED) is 0.604. The summed E-state index contributed by atoms with van der Waals surface area (Å²) in [6, 6.07) is 7.70. The summed E-state index contributed by atoms with van der Waals surface area (Å²) in [7, 11) is -2.70. The van der Waals surface area contributed by atoms with Crippen LogP contribution in [-0.4, -0.2) is 41.4 Å². The average molecular weight is 475 g/mol. The van der Waals surface area contributed by atoms with E-state index in [4.69, 9.17) is 0 Å². The van der Waals surface area contributed by atoms with Gasteiger partial charge in [0.15, 0.2) is 0 Å². The van der Waals surface area contributed by atoms with E-state index in [0.717, 1.165) is 29.5 Å². The molecule has 0 aliphatic carbocycles. The summed E-state index contributed by atoms with van der Waals surface area (Å²) < 4.78 is 43.9. The first-order valence-electron chi connectivity index (χ1n) is 10.4. The lowest BCUT2D eigenvalue weighted by molar-refractivity contribution is -0.130. The van der Waals surface area contributed by atoms with Crippen LogP contribution >= 0.6 is 0 Å². The van der Waals surface area contributed by atoms with Crippen molar-refractivity contribution in [3.05, 3.63) is 68.6 Å². The van der Waals surface area contributed by atoms with Crippen molar-refractivity contribution in [3.8, 4) is 0 Å². The number of rotatable bonds is 5. The fourth-order valence-electron chi connectivity index (χ4n) is 3.87. The second-order valence-corrected chi connectivity index (χ2v) is 9.75. The zero-order chi connectivity index (χ0) is 23.9. The number of aryl methyl sites for hydroxylation is 2. The second kappa shape index (κ2) is 8.47. The van der Waals surface area contributed by atoms with Gasteiger partial charge in [-0.15, -0.1) is 0 Å². The number of hydrogen-bond donors (Lipinski definition) is 1. The van der Waals surface area contributed by atoms with Crippen LogP contribution in [0.15, 0.2) is 50.9 Å². The highest BCUT2D eigenvalue weighted by Crippen LogP contribution is 2.21. The first kappa shape index (κ1) is 22.7. The van der Waals surface area contributed by atoms with E-state index < -0.39 is 33.6 Å². The number of carbonyl (C=O) groups is 1. The number of likely N-dealkylation sites (tertiary alicyclic amines) is 1. The summed E-state index contributed by atoms with van der Waals surface area (Å²) in [5.74, 6) is -0.896. The van der Waals surface area contributed by atoms with E-state index in [2.05, 4.69) is 4.72 Å². The number of aromatic nitrogens is 2. The van der Waals surface area contributed by atoms with Gasteiger partial charge in [0, 0.05) is 20.1 Å². The molecule has 0 atom stereocenters. The SMILES string of the molecule is Cc1ccc(NS(=O)(=O)c2ccc3c(c2)c(=O)n(CC(=O)N2CCCC2)c(=O)n3C)cc1F. The molecule has 0 saturated carbocycles. The van der Waals surface area contributed by atoms with Gasteiger partial charge in [0.25, 0.3) is 15.6 Å². The second-order valence-electron chi connectivity index (χ2n) is 8.07. The monoisotopic (exact) mass is 474 g/mol. The molecule has 2 aromatic carbocycles. The number of nitrogens with zero attached hydrogens (tertiary/aromatic N) is 3. The van der Waals surface area contributed by atoms with Gasteiger partial charge in [-0.1, -0.05) is 6.07 Å². The maximum atomic E-state index is 13.8. The van der Waals surface area contributed by atoms with E-state index in [1.807, 2.05) is 0 Å². The molecular weight excluding hydrogens is 451 g/mol. The normalized spacial score (nSPS) is 14.1. The standard InChI is InChI=1S/C22H23FN4O5S/c1-14-5-6-15(11-18(14)23)24-33(31,32)16-7-8-19-17(12-16)21(29)27(22(30)25(19)2)13-20(28)26-9-3-4-10-26/h5-8,11-12,24H,3-4,9-10,13H2,1-2H3. The molecule has 1 N–H and O–H groups in total. The molecule has 0 bridgehead atoms. The maximum Gasteiger partial charge on any atom is 0.331 e. The highest BCUT2D eigenvalue weighted by Gasteiger charge is 2.22. The van der Waals surface area contributed by atoms with Gasteiger partial charge in [0.1, 0.15) is 12.4 Å². The van der Waals surface area contributed by atoms with Crippen LogP contribution in [0, 0.1) is 12.7 Å². The molecule has 2 heterocycles. The fourth-order valence-corrected chi connectivity index (χ4v) is 4.95. The molecule has 1 aromatic heterocycles. The van der Waals surface area contributed by atoms with Crippen LogP contribution < -0.4 is 16.0 Å². The minimum absolute atomic E-state index is 0.0238. The Morgan fingerprint density at radius 2 is 1.79 bits per heavy atom.